The SMILES string of the molecule is CCCN(CCC)S(=O)(=O)c1ccc2nc(NC(=O)c3cccc(Cl)c3)sc2c1. The van der Waals surface area contributed by atoms with Crippen molar-refractivity contribution in [2.75, 3.05) is 18.4 Å². The Labute approximate surface area is 179 Å². The van der Waals surface area contributed by atoms with Gasteiger partial charge >= 0.3 is 0 Å². The number of halogens is 1. The third kappa shape index (κ3) is 4.95. The quantitative estimate of drug-likeness (QED) is 0.521. The second-order valence-corrected chi connectivity index (χ2v) is 9.92. The summed E-state index contributed by atoms with van der Waals surface area (Å²) in [6.45, 7) is 4.88. The molecule has 0 aliphatic rings. The van der Waals surface area contributed by atoms with Gasteiger partial charge in [0.1, 0.15) is 0 Å². The number of thiazole rings is 1. The monoisotopic (exact) mass is 451 g/mol. The van der Waals surface area contributed by atoms with Gasteiger partial charge in [0.25, 0.3) is 5.91 Å². The van der Waals surface area contributed by atoms with Gasteiger partial charge in [-0.3, -0.25) is 10.1 Å². The zero-order chi connectivity index (χ0) is 21.0. The van der Waals surface area contributed by atoms with E-state index >= 15 is 0 Å². The summed E-state index contributed by atoms with van der Waals surface area (Å²) >= 11 is 7.17. The van der Waals surface area contributed by atoms with E-state index in [1.54, 1.807) is 42.5 Å². The highest BCUT2D eigenvalue weighted by Crippen LogP contribution is 2.29. The zero-order valence-electron chi connectivity index (χ0n) is 16.2. The second-order valence-electron chi connectivity index (χ2n) is 6.52. The highest BCUT2D eigenvalue weighted by atomic mass is 35.5. The maximum absolute atomic E-state index is 13.0. The van der Waals surface area contributed by atoms with Crippen LogP contribution in [0.25, 0.3) is 10.2 Å². The number of sulfonamides is 1. The van der Waals surface area contributed by atoms with E-state index in [0.29, 0.717) is 39.0 Å². The summed E-state index contributed by atoms with van der Waals surface area (Å²) in [5.74, 6) is -0.323. The Morgan fingerprint density at radius 3 is 2.52 bits per heavy atom. The number of rotatable bonds is 8. The van der Waals surface area contributed by atoms with Gasteiger partial charge in [-0.15, -0.1) is 0 Å². The van der Waals surface area contributed by atoms with E-state index in [9.17, 15) is 13.2 Å². The van der Waals surface area contributed by atoms with Crippen LogP contribution in [0.1, 0.15) is 37.0 Å². The highest BCUT2D eigenvalue weighted by Gasteiger charge is 2.24. The average molecular weight is 452 g/mol. The molecule has 3 rings (SSSR count). The molecule has 1 amide bonds. The van der Waals surface area contributed by atoms with Crippen molar-refractivity contribution < 1.29 is 13.2 Å². The third-order valence-corrected chi connectivity index (χ3v) is 7.31. The number of hydrogen-bond acceptors (Lipinski definition) is 5. The number of aromatic nitrogens is 1. The molecule has 3 aromatic rings. The predicted octanol–water partition coefficient (Wildman–Crippen LogP) is 5.01. The van der Waals surface area contributed by atoms with Crippen molar-refractivity contribution in [1.82, 2.24) is 9.29 Å². The molecule has 0 spiro atoms. The van der Waals surface area contributed by atoms with Crippen molar-refractivity contribution in [3.63, 3.8) is 0 Å². The van der Waals surface area contributed by atoms with Crippen LogP contribution in [0.4, 0.5) is 5.13 Å². The maximum atomic E-state index is 13.0. The first kappa shape index (κ1) is 21.7. The third-order valence-electron chi connectivity index (χ3n) is 4.25. The van der Waals surface area contributed by atoms with Gasteiger partial charge in [0.05, 0.1) is 15.1 Å². The van der Waals surface area contributed by atoms with Crippen LogP contribution in [0, 0.1) is 0 Å². The molecule has 0 bridgehead atoms. The summed E-state index contributed by atoms with van der Waals surface area (Å²) in [7, 11) is -3.57. The van der Waals surface area contributed by atoms with Crippen LogP contribution in [0.3, 0.4) is 0 Å². The molecular weight excluding hydrogens is 430 g/mol. The fraction of sp³-hybridized carbons (Fsp3) is 0.300. The first-order valence-corrected chi connectivity index (χ1v) is 12.0. The number of hydrogen-bond donors (Lipinski definition) is 1. The first-order chi connectivity index (χ1) is 13.8. The number of carbonyl (C=O) groups is 1. The molecule has 0 unspecified atom stereocenters. The van der Waals surface area contributed by atoms with Gasteiger partial charge in [-0.25, -0.2) is 13.4 Å². The van der Waals surface area contributed by atoms with E-state index in [-0.39, 0.29) is 10.8 Å². The van der Waals surface area contributed by atoms with Crippen molar-refractivity contribution in [2.45, 2.75) is 31.6 Å². The summed E-state index contributed by atoms with van der Waals surface area (Å²) in [6, 6.07) is 11.5. The first-order valence-electron chi connectivity index (χ1n) is 9.32. The summed E-state index contributed by atoms with van der Waals surface area (Å²) in [5, 5.41) is 3.62. The lowest BCUT2D eigenvalue weighted by Gasteiger charge is -2.20. The Balaban J connectivity index is 1.87. The maximum Gasteiger partial charge on any atom is 0.257 e. The summed E-state index contributed by atoms with van der Waals surface area (Å²) in [6.07, 6.45) is 1.50. The van der Waals surface area contributed by atoms with Crippen molar-refractivity contribution in [1.29, 1.82) is 0 Å². The number of nitrogens with zero attached hydrogens (tertiary/aromatic N) is 2. The minimum absolute atomic E-state index is 0.239. The van der Waals surface area contributed by atoms with Crippen LogP contribution in [-0.4, -0.2) is 36.7 Å². The molecule has 0 saturated carbocycles. The fourth-order valence-corrected chi connectivity index (χ4v) is 5.73. The van der Waals surface area contributed by atoms with Crippen LogP contribution >= 0.6 is 22.9 Å². The average Bonchev–Trinajstić information content (AvgIpc) is 3.09. The molecule has 0 radical (unpaired) electrons. The lowest BCUT2D eigenvalue weighted by Crippen LogP contribution is -2.32. The van der Waals surface area contributed by atoms with E-state index in [0.717, 1.165) is 12.8 Å². The van der Waals surface area contributed by atoms with Crippen LogP contribution in [0.15, 0.2) is 47.4 Å². The topological polar surface area (TPSA) is 79.4 Å². The lowest BCUT2D eigenvalue weighted by atomic mass is 10.2. The van der Waals surface area contributed by atoms with Gasteiger partial charge in [-0.05, 0) is 49.2 Å². The molecule has 0 aliphatic heterocycles. The number of benzene rings is 2. The number of fused-ring (bicyclic) bond motifs is 1. The Bertz CT molecular complexity index is 1120. The number of carbonyl (C=O) groups excluding carboxylic acids is 1. The minimum Gasteiger partial charge on any atom is -0.298 e. The van der Waals surface area contributed by atoms with Gasteiger partial charge in [-0.2, -0.15) is 4.31 Å². The zero-order valence-corrected chi connectivity index (χ0v) is 18.6. The van der Waals surface area contributed by atoms with Gasteiger partial charge in [0.2, 0.25) is 10.0 Å². The minimum atomic E-state index is -3.57. The molecule has 0 saturated heterocycles. The van der Waals surface area contributed by atoms with E-state index in [4.69, 9.17) is 11.6 Å². The van der Waals surface area contributed by atoms with Gasteiger partial charge in [0.15, 0.2) is 5.13 Å². The van der Waals surface area contributed by atoms with Crippen LogP contribution in [0.5, 0.6) is 0 Å². The van der Waals surface area contributed by atoms with Crippen LogP contribution in [0.2, 0.25) is 5.02 Å². The molecule has 1 N–H and O–H groups in total. The van der Waals surface area contributed by atoms with Crippen molar-refractivity contribution in [2.24, 2.45) is 0 Å². The fourth-order valence-electron chi connectivity index (χ4n) is 2.92. The molecule has 0 atom stereocenters. The van der Waals surface area contributed by atoms with E-state index < -0.39 is 10.0 Å². The standard InChI is InChI=1S/C20H22ClN3O3S2/c1-3-10-24(11-4-2)29(26,27)16-8-9-17-18(13-16)28-20(22-17)23-19(25)14-6-5-7-15(21)12-14/h5-9,12-13H,3-4,10-11H2,1-2H3,(H,22,23,25). The van der Waals surface area contributed by atoms with E-state index in [1.165, 1.54) is 15.6 Å². The van der Waals surface area contributed by atoms with Crippen molar-refractivity contribution in [3.8, 4) is 0 Å². The van der Waals surface area contributed by atoms with E-state index in [2.05, 4.69) is 10.3 Å². The molecule has 6 nitrogen and oxygen atoms in total. The van der Waals surface area contributed by atoms with Gasteiger partial charge in [-0.1, -0.05) is 42.9 Å². The normalized spacial score (nSPS) is 11.9. The summed E-state index contributed by atoms with van der Waals surface area (Å²) in [4.78, 5) is 17.0. The molecule has 2 aromatic carbocycles. The molecule has 0 aliphatic carbocycles. The number of anilines is 1. The molecule has 9 heteroatoms. The molecule has 29 heavy (non-hydrogen) atoms. The Morgan fingerprint density at radius 2 is 1.86 bits per heavy atom. The van der Waals surface area contributed by atoms with Crippen molar-refractivity contribution in [3.05, 3.63) is 53.1 Å². The second kappa shape index (κ2) is 9.21. The van der Waals surface area contributed by atoms with Crippen LogP contribution < -0.4 is 5.32 Å². The highest BCUT2D eigenvalue weighted by molar-refractivity contribution is 7.89. The summed E-state index contributed by atoms with van der Waals surface area (Å²) < 4.78 is 28.2. The Morgan fingerprint density at radius 1 is 1.14 bits per heavy atom. The van der Waals surface area contributed by atoms with Gasteiger partial charge in [0, 0.05) is 23.7 Å². The number of amides is 1. The Kier molecular flexibility index (Phi) is 6.89. The molecule has 1 heterocycles. The lowest BCUT2D eigenvalue weighted by molar-refractivity contribution is 0.102. The number of nitrogens with one attached hydrogen (secondary N) is 1. The molecule has 1 aromatic heterocycles. The van der Waals surface area contributed by atoms with Crippen molar-refractivity contribution >= 4 is 54.2 Å². The smallest absolute Gasteiger partial charge is 0.257 e. The van der Waals surface area contributed by atoms with E-state index in [1.807, 2.05) is 13.8 Å². The predicted molar refractivity (Wildman–Crippen MR) is 118 cm³/mol. The largest absolute Gasteiger partial charge is 0.298 e. The van der Waals surface area contributed by atoms with Crippen LogP contribution in [-0.2, 0) is 10.0 Å². The molecule has 154 valence electrons. The van der Waals surface area contributed by atoms with Gasteiger partial charge < -0.3 is 0 Å². The molecular formula is C20H22ClN3O3S2. The molecule has 0 fully saturated rings. The summed E-state index contributed by atoms with van der Waals surface area (Å²) in [5.41, 5.74) is 1.06. The Hall–Kier alpha value is -2.00.